The number of aromatic nitrogens is 1. The SMILES string of the molecule is Cc1nc(-c2cccc(Br)c2)sc1C1CNCCO1. The highest BCUT2D eigenvalue weighted by Gasteiger charge is 2.21. The maximum Gasteiger partial charge on any atom is 0.123 e. The van der Waals surface area contributed by atoms with E-state index in [1.807, 2.05) is 12.1 Å². The van der Waals surface area contributed by atoms with E-state index in [0.717, 1.165) is 40.4 Å². The Labute approximate surface area is 125 Å². The molecule has 3 rings (SSSR count). The molecule has 0 aliphatic carbocycles. The molecule has 5 heteroatoms. The fourth-order valence-electron chi connectivity index (χ4n) is 2.19. The number of morpholine rings is 1. The Hall–Kier alpha value is -0.750. The van der Waals surface area contributed by atoms with Crippen molar-refractivity contribution in [3.8, 4) is 10.6 Å². The molecule has 0 saturated carbocycles. The predicted octanol–water partition coefficient (Wildman–Crippen LogP) is 3.54. The van der Waals surface area contributed by atoms with Crippen molar-refractivity contribution >= 4 is 27.3 Å². The van der Waals surface area contributed by atoms with Crippen LogP contribution in [-0.4, -0.2) is 24.7 Å². The van der Waals surface area contributed by atoms with E-state index in [1.54, 1.807) is 11.3 Å². The number of aryl methyl sites for hydroxylation is 1. The second-order valence-corrected chi connectivity index (χ2v) is 6.49. The fourth-order valence-corrected chi connectivity index (χ4v) is 3.70. The molecular formula is C14H15BrN2OS. The Balaban J connectivity index is 1.92. The van der Waals surface area contributed by atoms with Gasteiger partial charge in [-0.3, -0.25) is 0 Å². The average molecular weight is 339 g/mol. The van der Waals surface area contributed by atoms with Gasteiger partial charge < -0.3 is 10.1 Å². The van der Waals surface area contributed by atoms with Gasteiger partial charge in [-0.05, 0) is 19.1 Å². The quantitative estimate of drug-likeness (QED) is 0.909. The van der Waals surface area contributed by atoms with Crippen LogP contribution in [0, 0.1) is 6.92 Å². The Kier molecular flexibility index (Phi) is 3.98. The van der Waals surface area contributed by atoms with E-state index in [0.29, 0.717) is 0 Å². The molecule has 3 nitrogen and oxygen atoms in total. The summed E-state index contributed by atoms with van der Waals surface area (Å²) in [5.41, 5.74) is 2.23. The summed E-state index contributed by atoms with van der Waals surface area (Å²) in [4.78, 5) is 5.93. The van der Waals surface area contributed by atoms with Gasteiger partial charge in [-0.25, -0.2) is 4.98 Å². The largest absolute Gasteiger partial charge is 0.370 e. The molecule has 0 spiro atoms. The monoisotopic (exact) mass is 338 g/mol. The summed E-state index contributed by atoms with van der Waals surface area (Å²) in [5.74, 6) is 0. The summed E-state index contributed by atoms with van der Waals surface area (Å²) >= 11 is 5.23. The lowest BCUT2D eigenvalue weighted by atomic mass is 10.2. The van der Waals surface area contributed by atoms with E-state index in [2.05, 4.69) is 45.3 Å². The molecule has 1 aliphatic rings. The summed E-state index contributed by atoms with van der Waals surface area (Å²) in [7, 11) is 0. The second kappa shape index (κ2) is 5.71. The number of hydrogen-bond acceptors (Lipinski definition) is 4. The number of benzene rings is 1. The number of rotatable bonds is 2. The Bertz CT molecular complexity index is 579. The summed E-state index contributed by atoms with van der Waals surface area (Å²) in [6.45, 7) is 4.65. The van der Waals surface area contributed by atoms with Gasteiger partial charge in [0.15, 0.2) is 0 Å². The molecule has 0 amide bonds. The third kappa shape index (κ3) is 2.89. The predicted molar refractivity (Wildman–Crippen MR) is 81.5 cm³/mol. The lowest BCUT2D eigenvalue weighted by Crippen LogP contribution is -2.33. The first kappa shape index (κ1) is 13.2. The van der Waals surface area contributed by atoms with Gasteiger partial charge in [-0.2, -0.15) is 0 Å². The molecule has 1 saturated heterocycles. The lowest BCUT2D eigenvalue weighted by molar-refractivity contribution is 0.0295. The number of hydrogen-bond donors (Lipinski definition) is 1. The van der Waals surface area contributed by atoms with Gasteiger partial charge in [0.2, 0.25) is 0 Å². The molecule has 2 heterocycles. The molecule has 1 fully saturated rings. The maximum atomic E-state index is 5.82. The van der Waals surface area contributed by atoms with Crippen LogP contribution in [0.15, 0.2) is 28.7 Å². The first-order valence-electron chi connectivity index (χ1n) is 6.29. The van der Waals surface area contributed by atoms with E-state index >= 15 is 0 Å². The van der Waals surface area contributed by atoms with Gasteiger partial charge in [0.25, 0.3) is 0 Å². The van der Waals surface area contributed by atoms with Crippen molar-refractivity contribution < 1.29 is 4.74 Å². The smallest absolute Gasteiger partial charge is 0.123 e. The minimum atomic E-state index is 0.146. The minimum absolute atomic E-state index is 0.146. The summed E-state index contributed by atoms with van der Waals surface area (Å²) in [6, 6.07) is 8.25. The molecule has 0 radical (unpaired) electrons. The van der Waals surface area contributed by atoms with Crippen LogP contribution in [0.2, 0.25) is 0 Å². The fraction of sp³-hybridized carbons (Fsp3) is 0.357. The first-order valence-corrected chi connectivity index (χ1v) is 7.90. The van der Waals surface area contributed by atoms with Crippen molar-refractivity contribution in [3.63, 3.8) is 0 Å². The standard InChI is InChI=1S/C14H15BrN2OS/c1-9-13(12-8-16-5-6-18-12)19-14(17-9)10-3-2-4-11(15)7-10/h2-4,7,12,16H,5-6,8H2,1H3. The first-order chi connectivity index (χ1) is 9.24. The molecule has 100 valence electrons. The van der Waals surface area contributed by atoms with Crippen LogP contribution in [0.3, 0.4) is 0 Å². The number of nitrogens with one attached hydrogen (secondary N) is 1. The van der Waals surface area contributed by atoms with Crippen molar-refractivity contribution in [2.45, 2.75) is 13.0 Å². The van der Waals surface area contributed by atoms with Crippen LogP contribution in [0.5, 0.6) is 0 Å². The van der Waals surface area contributed by atoms with E-state index in [-0.39, 0.29) is 6.10 Å². The van der Waals surface area contributed by atoms with Crippen molar-refractivity contribution in [1.29, 1.82) is 0 Å². The van der Waals surface area contributed by atoms with E-state index in [4.69, 9.17) is 4.74 Å². The van der Waals surface area contributed by atoms with Gasteiger partial charge in [0, 0.05) is 23.1 Å². The van der Waals surface area contributed by atoms with Gasteiger partial charge in [-0.15, -0.1) is 11.3 Å². The van der Waals surface area contributed by atoms with Gasteiger partial charge in [-0.1, -0.05) is 28.1 Å². The molecule has 1 atom stereocenters. The Morgan fingerprint density at radius 2 is 2.37 bits per heavy atom. The maximum absolute atomic E-state index is 5.82. The van der Waals surface area contributed by atoms with Crippen LogP contribution < -0.4 is 5.32 Å². The van der Waals surface area contributed by atoms with Crippen molar-refractivity contribution in [2.75, 3.05) is 19.7 Å². The zero-order valence-electron chi connectivity index (χ0n) is 10.6. The van der Waals surface area contributed by atoms with Crippen LogP contribution in [0.4, 0.5) is 0 Å². The zero-order valence-corrected chi connectivity index (χ0v) is 13.1. The van der Waals surface area contributed by atoms with Crippen molar-refractivity contribution in [1.82, 2.24) is 10.3 Å². The summed E-state index contributed by atoms with van der Waals surface area (Å²) < 4.78 is 6.90. The lowest BCUT2D eigenvalue weighted by Gasteiger charge is -2.22. The summed E-state index contributed by atoms with van der Waals surface area (Å²) in [5, 5.41) is 4.42. The Morgan fingerprint density at radius 1 is 1.47 bits per heavy atom. The van der Waals surface area contributed by atoms with E-state index in [9.17, 15) is 0 Å². The average Bonchev–Trinajstić information content (AvgIpc) is 2.82. The molecule has 1 N–H and O–H groups in total. The van der Waals surface area contributed by atoms with Gasteiger partial charge in [0.05, 0.1) is 17.2 Å². The molecule has 2 aromatic rings. The molecular weight excluding hydrogens is 324 g/mol. The minimum Gasteiger partial charge on any atom is -0.370 e. The third-order valence-electron chi connectivity index (χ3n) is 3.12. The topological polar surface area (TPSA) is 34.2 Å². The zero-order chi connectivity index (χ0) is 13.2. The van der Waals surface area contributed by atoms with Crippen LogP contribution in [-0.2, 0) is 4.74 Å². The molecule has 1 unspecified atom stereocenters. The molecule has 19 heavy (non-hydrogen) atoms. The van der Waals surface area contributed by atoms with Crippen LogP contribution in [0.25, 0.3) is 10.6 Å². The van der Waals surface area contributed by atoms with Crippen LogP contribution in [0.1, 0.15) is 16.7 Å². The van der Waals surface area contributed by atoms with Gasteiger partial charge >= 0.3 is 0 Å². The highest BCUT2D eigenvalue weighted by molar-refractivity contribution is 9.10. The molecule has 1 aliphatic heterocycles. The molecule has 1 aromatic heterocycles. The van der Waals surface area contributed by atoms with Crippen LogP contribution >= 0.6 is 27.3 Å². The van der Waals surface area contributed by atoms with E-state index < -0.39 is 0 Å². The van der Waals surface area contributed by atoms with E-state index in [1.165, 1.54) is 4.88 Å². The second-order valence-electron chi connectivity index (χ2n) is 4.54. The van der Waals surface area contributed by atoms with Crippen molar-refractivity contribution in [3.05, 3.63) is 39.3 Å². The number of nitrogens with zero attached hydrogens (tertiary/aromatic N) is 1. The Morgan fingerprint density at radius 3 is 3.11 bits per heavy atom. The molecule has 0 bridgehead atoms. The molecule has 1 aromatic carbocycles. The number of halogens is 1. The highest BCUT2D eigenvalue weighted by atomic mass is 79.9. The highest BCUT2D eigenvalue weighted by Crippen LogP contribution is 2.34. The number of ether oxygens (including phenoxy) is 1. The third-order valence-corrected chi connectivity index (χ3v) is 4.92. The normalized spacial score (nSPS) is 19.6. The van der Waals surface area contributed by atoms with Crippen molar-refractivity contribution in [2.24, 2.45) is 0 Å². The number of thiazole rings is 1. The van der Waals surface area contributed by atoms with Gasteiger partial charge in [0.1, 0.15) is 11.1 Å². The summed E-state index contributed by atoms with van der Waals surface area (Å²) in [6.07, 6.45) is 0.146.